The number of aromatic nitrogens is 2. The second-order valence-electron chi connectivity index (χ2n) is 23.0. The standard InChI is InChI=1S/C61H74N10O22S/c1-4-5-6-21-89-39-18-15-32(16-19-39)31-7-11-34(12-8-31)58-68-69-59(90-58)35-13-9-33(10-14-35)53(81)64-40-23-37(73)26-63-57(85)49-50(78)29(2)27-71(49)61(87)47(43(76)25-45(62)77)66-56(84)48(52(80)51(79)36-17-20-42(75)44(22-36)91-94-93-92-88)67-55(83)41-24-38(74)28-70(41)60(86)46(30(3)72)65-54(40)82/h7-20,22,29-30,37-38,40-41,43,46-52,72-76,78-80,88H,4-6,21,23-28H2,1-3H3,(H2,62,77)(H,63,85)(H,64,81)(H,65,82)(H,66,84)(H,67,83). The van der Waals surface area contributed by atoms with Crippen molar-refractivity contribution in [3.63, 3.8) is 0 Å². The van der Waals surface area contributed by atoms with Crippen LogP contribution in [0.2, 0.25) is 0 Å². The van der Waals surface area contributed by atoms with Gasteiger partial charge in [-0.15, -0.1) is 10.2 Å². The van der Waals surface area contributed by atoms with E-state index in [9.17, 15) is 79.2 Å². The van der Waals surface area contributed by atoms with E-state index in [1.165, 1.54) is 31.2 Å². The lowest BCUT2D eigenvalue weighted by Gasteiger charge is -2.34. The summed E-state index contributed by atoms with van der Waals surface area (Å²) in [7, 11) is 0. The molecule has 3 aliphatic heterocycles. The Labute approximate surface area is 541 Å². The third-order valence-electron chi connectivity index (χ3n) is 16.1. The number of hydrogen-bond acceptors (Lipinski definition) is 25. The van der Waals surface area contributed by atoms with Crippen LogP contribution in [0.3, 0.4) is 0 Å². The number of carbonyl (C=O) groups excluding carboxylic acids is 8. The molecule has 5 aromatic rings. The van der Waals surface area contributed by atoms with Crippen LogP contribution in [0.4, 0.5) is 0 Å². The summed E-state index contributed by atoms with van der Waals surface area (Å²) in [5.41, 5.74) is 7.87. The average molecular weight is 1330 g/mol. The van der Waals surface area contributed by atoms with Gasteiger partial charge in [0, 0.05) is 55.1 Å². The minimum absolute atomic E-state index is 0.0267. The fourth-order valence-electron chi connectivity index (χ4n) is 11.0. The van der Waals surface area contributed by atoms with Crippen LogP contribution in [0.1, 0.15) is 81.3 Å². The predicted molar refractivity (Wildman–Crippen MR) is 327 cm³/mol. The molecule has 3 saturated heterocycles. The first kappa shape index (κ1) is 71.0. The molecule has 14 unspecified atom stereocenters. The summed E-state index contributed by atoms with van der Waals surface area (Å²) in [6.07, 6.45) is -13.1. The van der Waals surface area contributed by atoms with Gasteiger partial charge in [-0.1, -0.05) is 66.4 Å². The number of nitrogens with two attached hydrogens (primary N) is 1. The lowest BCUT2D eigenvalue weighted by atomic mass is 9.96. The van der Waals surface area contributed by atoms with Crippen LogP contribution in [0.25, 0.3) is 34.0 Å². The van der Waals surface area contributed by atoms with Crippen LogP contribution >= 0.6 is 12.3 Å². The summed E-state index contributed by atoms with van der Waals surface area (Å²) in [5, 5.41) is 122. The first-order valence-electron chi connectivity index (χ1n) is 29.9. The van der Waals surface area contributed by atoms with E-state index in [4.69, 9.17) is 24.3 Å². The highest BCUT2D eigenvalue weighted by atomic mass is 32.2. The monoisotopic (exact) mass is 1330 g/mol. The zero-order chi connectivity index (χ0) is 68.1. The van der Waals surface area contributed by atoms with E-state index in [0.29, 0.717) is 22.6 Å². The minimum atomic E-state index is -2.54. The van der Waals surface area contributed by atoms with E-state index in [-0.39, 0.29) is 35.2 Å². The highest BCUT2D eigenvalue weighted by Crippen LogP contribution is 2.35. The van der Waals surface area contributed by atoms with Crippen molar-refractivity contribution < 1.29 is 107 Å². The van der Waals surface area contributed by atoms with Gasteiger partial charge in [0.2, 0.25) is 53.1 Å². The molecule has 8 amide bonds. The van der Waals surface area contributed by atoms with Gasteiger partial charge in [-0.3, -0.25) is 38.4 Å². The zero-order valence-corrected chi connectivity index (χ0v) is 51.7. The summed E-state index contributed by atoms with van der Waals surface area (Å²) in [5.74, 6) is -11.0. The number of hydrogen-bond donors (Lipinski definition) is 15. The molecule has 0 bridgehead atoms. The Kier molecular flexibility index (Phi) is 24.4. The molecule has 94 heavy (non-hydrogen) atoms. The lowest BCUT2D eigenvalue weighted by molar-refractivity contribution is -0.433. The summed E-state index contributed by atoms with van der Waals surface area (Å²) >= 11 is -0.0267. The number of β-amino-alcohol motifs (C(OH)–C–C–N with tert-alkyl or cyclic N) is 1. The molecule has 506 valence electrons. The molecule has 14 atom stereocenters. The minimum Gasteiger partial charge on any atom is -0.504 e. The Morgan fingerprint density at radius 1 is 0.745 bits per heavy atom. The van der Waals surface area contributed by atoms with E-state index in [2.05, 4.69) is 53.1 Å². The highest BCUT2D eigenvalue weighted by molar-refractivity contribution is 7.90. The SMILES string of the molecule is CCCCCOc1ccc(-c2ccc(-c3nnc(-c4ccc(C(=O)NC5CC(O)CNC(=O)C6C(O)C(C)CN6C(=O)C(C(O)CC(N)=O)NC(=O)C(C(O)C(O)c6ccc(O)c(OSOOO)c6)NC(=O)C6CC(O)CN6C(=O)C(C(C)O)NC5=O)cc4)o3)cc2)cc1. The van der Waals surface area contributed by atoms with Crippen molar-refractivity contribution in [2.45, 2.75) is 138 Å². The third kappa shape index (κ3) is 17.5. The number of phenols is 1. The third-order valence-corrected chi connectivity index (χ3v) is 16.5. The molecule has 32 nitrogen and oxygen atoms in total. The molecule has 33 heteroatoms. The molecule has 8 rings (SSSR count). The van der Waals surface area contributed by atoms with Crippen molar-refractivity contribution in [2.75, 3.05) is 26.2 Å². The summed E-state index contributed by atoms with van der Waals surface area (Å²) in [6, 6.07) is 11.4. The Balaban J connectivity index is 1.07. The van der Waals surface area contributed by atoms with Crippen LogP contribution < -0.4 is 41.2 Å². The molecule has 4 heterocycles. The van der Waals surface area contributed by atoms with Crippen LogP contribution in [0, 0.1) is 5.92 Å². The van der Waals surface area contributed by atoms with E-state index >= 15 is 0 Å². The molecule has 3 aliphatic rings. The van der Waals surface area contributed by atoms with Crippen LogP contribution in [-0.2, 0) is 42.9 Å². The fraction of sp³-hybridized carbons (Fsp3) is 0.443. The van der Waals surface area contributed by atoms with Crippen molar-refractivity contribution >= 4 is 59.6 Å². The average Bonchev–Trinajstić information content (AvgIpc) is 1.57. The number of nitrogens with one attached hydrogen (secondary N) is 5. The lowest BCUT2D eigenvalue weighted by Crippen LogP contribution is -2.64. The molecule has 1 aromatic heterocycles. The molecule has 0 aliphatic carbocycles. The van der Waals surface area contributed by atoms with Crippen LogP contribution in [-0.4, -0.2) is 212 Å². The van der Waals surface area contributed by atoms with Gasteiger partial charge in [-0.05, 0) is 90.7 Å². The number of phenolic OH excluding ortho intramolecular Hbond substituents is 1. The van der Waals surface area contributed by atoms with Crippen LogP contribution in [0.5, 0.6) is 17.2 Å². The smallest absolute Gasteiger partial charge is 0.261 e. The maximum absolute atomic E-state index is 14.7. The molecule has 16 N–H and O–H groups in total. The van der Waals surface area contributed by atoms with Gasteiger partial charge in [-0.25, -0.2) is 5.26 Å². The molecule has 0 spiro atoms. The number of rotatable bonds is 21. The summed E-state index contributed by atoms with van der Waals surface area (Å²) in [4.78, 5) is 115. The van der Waals surface area contributed by atoms with Gasteiger partial charge in [0.25, 0.3) is 18.2 Å². The molecule has 0 saturated carbocycles. The Morgan fingerprint density at radius 2 is 1.35 bits per heavy atom. The van der Waals surface area contributed by atoms with E-state index in [1.807, 2.05) is 48.5 Å². The summed E-state index contributed by atoms with van der Waals surface area (Å²) < 4.78 is 21.0. The number of fused-ring (bicyclic) bond motifs is 2. The Hall–Kier alpha value is -8.87. The second-order valence-corrected chi connectivity index (χ2v) is 23.4. The summed E-state index contributed by atoms with van der Waals surface area (Å²) in [6.45, 7) is 3.41. The normalized spacial score (nSPS) is 24.7. The predicted octanol–water partition coefficient (Wildman–Crippen LogP) is -0.977. The molecule has 0 radical (unpaired) electrons. The molecule has 3 fully saturated rings. The zero-order valence-electron chi connectivity index (χ0n) is 50.9. The number of benzene rings is 4. The van der Waals surface area contributed by atoms with Gasteiger partial charge in [0.05, 0.1) is 43.5 Å². The highest BCUT2D eigenvalue weighted by Gasteiger charge is 2.50. The number of ether oxygens (including phenoxy) is 1. The number of aromatic hydroxyl groups is 1. The fourth-order valence-corrected chi connectivity index (χ4v) is 11.2. The maximum atomic E-state index is 14.7. The first-order valence-corrected chi connectivity index (χ1v) is 30.6. The number of nitrogens with zero attached hydrogens (tertiary/aromatic N) is 4. The number of carbonyl (C=O) groups is 8. The van der Waals surface area contributed by atoms with Gasteiger partial charge in [0.1, 0.15) is 54.2 Å². The van der Waals surface area contributed by atoms with Crippen molar-refractivity contribution in [3.05, 3.63) is 102 Å². The van der Waals surface area contributed by atoms with Crippen LogP contribution in [0.15, 0.2) is 95.4 Å². The number of aliphatic hydroxyl groups excluding tert-OH is 7. The van der Waals surface area contributed by atoms with Crippen molar-refractivity contribution in [3.8, 4) is 51.3 Å². The molecular formula is C61H74N10O22S. The maximum Gasteiger partial charge on any atom is 0.261 e. The van der Waals surface area contributed by atoms with Crippen molar-refractivity contribution in [1.29, 1.82) is 0 Å². The molecular weight excluding hydrogens is 1260 g/mol. The van der Waals surface area contributed by atoms with Gasteiger partial charge in [-0.2, -0.15) is 0 Å². The number of amides is 8. The second kappa shape index (κ2) is 32.3. The number of aliphatic hydroxyl groups is 7. The largest absolute Gasteiger partial charge is 0.504 e. The van der Waals surface area contributed by atoms with Crippen molar-refractivity contribution in [2.24, 2.45) is 11.7 Å². The number of unbranched alkanes of at least 4 members (excludes halogenated alkanes) is 2. The van der Waals surface area contributed by atoms with Gasteiger partial charge in [0.15, 0.2) is 11.5 Å². The van der Waals surface area contributed by atoms with Crippen molar-refractivity contribution in [1.82, 2.24) is 46.6 Å². The Morgan fingerprint density at radius 3 is 1.98 bits per heavy atom. The Bertz CT molecular complexity index is 3480. The first-order chi connectivity index (χ1) is 44.9. The van der Waals surface area contributed by atoms with E-state index in [0.717, 1.165) is 66.2 Å². The topological polar surface area (TPSA) is 487 Å². The van der Waals surface area contributed by atoms with Gasteiger partial charge >= 0.3 is 0 Å². The molecule has 4 aromatic carbocycles. The van der Waals surface area contributed by atoms with Gasteiger partial charge < -0.3 is 96.3 Å². The number of primary amides is 1. The van der Waals surface area contributed by atoms with E-state index < -0.39 is 183 Å². The quantitative estimate of drug-likeness (QED) is 0.0182. The van der Waals surface area contributed by atoms with E-state index in [1.54, 1.807) is 0 Å².